The van der Waals surface area contributed by atoms with E-state index in [0.29, 0.717) is 35.1 Å². The molecular weight excluding hydrogens is 438 g/mol. The summed E-state index contributed by atoms with van der Waals surface area (Å²) in [5.41, 5.74) is 2.11. The molecule has 0 aliphatic heterocycles. The summed E-state index contributed by atoms with van der Waals surface area (Å²) in [4.78, 5) is 25.4. The first kappa shape index (κ1) is 22.2. The van der Waals surface area contributed by atoms with E-state index in [1.54, 1.807) is 31.5 Å². The van der Waals surface area contributed by atoms with Crippen LogP contribution in [0.25, 0.3) is 10.2 Å². The number of carbonyl (C=O) groups excluding carboxylic acids is 1. The molecule has 0 atom stereocenters. The molecule has 0 bridgehead atoms. The van der Waals surface area contributed by atoms with Crippen LogP contribution in [0.4, 0.5) is 17.3 Å². The van der Waals surface area contributed by atoms with Crippen molar-refractivity contribution in [1.29, 1.82) is 0 Å². The Morgan fingerprint density at radius 2 is 2.00 bits per heavy atom. The molecule has 2 N–H and O–H groups in total. The topological polar surface area (TPSA) is 98.3 Å². The number of rotatable bonds is 8. The van der Waals surface area contributed by atoms with Crippen molar-refractivity contribution in [2.45, 2.75) is 13.8 Å². The zero-order chi connectivity index (χ0) is 23.2. The molecule has 0 aliphatic rings. The summed E-state index contributed by atoms with van der Waals surface area (Å²) < 4.78 is 12.0. The minimum atomic E-state index is -0.192. The summed E-state index contributed by atoms with van der Waals surface area (Å²) in [5.74, 6) is 1.97. The maximum atomic E-state index is 12.1. The minimum absolute atomic E-state index is 0.192. The lowest BCUT2D eigenvalue weighted by molar-refractivity contribution is -0.111. The molecule has 0 saturated carbocycles. The van der Waals surface area contributed by atoms with E-state index in [4.69, 9.17) is 9.47 Å². The minimum Gasteiger partial charge on any atom is -0.481 e. The number of pyridine rings is 1. The largest absolute Gasteiger partial charge is 0.481 e. The fourth-order valence-electron chi connectivity index (χ4n) is 2.88. The number of carbonyl (C=O) groups is 1. The number of benzene rings is 1. The van der Waals surface area contributed by atoms with E-state index in [0.717, 1.165) is 15.9 Å². The molecular formula is C24H23N5O3S. The number of thiophene rings is 1. The Labute approximate surface area is 195 Å². The average Bonchev–Trinajstić information content (AvgIpc) is 3.27. The maximum Gasteiger partial charge on any atom is 0.248 e. The number of allylic oxidation sites excluding steroid dienone is 1. The van der Waals surface area contributed by atoms with E-state index in [-0.39, 0.29) is 5.91 Å². The number of anilines is 3. The Kier molecular flexibility index (Phi) is 6.80. The molecule has 3 aromatic heterocycles. The number of amides is 1. The molecule has 8 nitrogen and oxygen atoms in total. The number of ether oxygens (including phenoxy) is 2. The number of aromatic nitrogens is 3. The van der Waals surface area contributed by atoms with E-state index in [1.165, 1.54) is 17.4 Å². The van der Waals surface area contributed by atoms with Crippen molar-refractivity contribution in [2.75, 3.05) is 17.7 Å². The van der Waals surface area contributed by atoms with Gasteiger partial charge in [-0.15, -0.1) is 11.3 Å². The van der Waals surface area contributed by atoms with E-state index in [1.807, 2.05) is 49.6 Å². The predicted octanol–water partition coefficient (Wildman–Crippen LogP) is 5.78. The van der Waals surface area contributed by atoms with Crippen LogP contribution in [-0.2, 0) is 4.79 Å². The lowest BCUT2D eigenvalue weighted by Gasteiger charge is -2.10. The lowest BCUT2D eigenvalue weighted by atomic mass is 10.2. The van der Waals surface area contributed by atoms with Crippen LogP contribution in [0, 0.1) is 5.92 Å². The SMILES string of the molecule is COc1ccc(Nc2nc(Oc3cccc(NC(=O)/C=C/C(C)C)c3)c3sccc3n2)cn1. The highest BCUT2D eigenvalue weighted by Crippen LogP contribution is 2.33. The van der Waals surface area contributed by atoms with Crippen LogP contribution >= 0.6 is 11.3 Å². The van der Waals surface area contributed by atoms with Gasteiger partial charge in [-0.2, -0.15) is 4.98 Å². The Balaban J connectivity index is 1.55. The van der Waals surface area contributed by atoms with Crippen LogP contribution in [0.1, 0.15) is 13.8 Å². The van der Waals surface area contributed by atoms with Crippen molar-refractivity contribution >= 4 is 44.8 Å². The van der Waals surface area contributed by atoms with Crippen molar-refractivity contribution in [3.05, 3.63) is 66.2 Å². The smallest absolute Gasteiger partial charge is 0.248 e. The molecule has 0 aliphatic carbocycles. The molecule has 9 heteroatoms. The van der Waals surface area contributed by atoms with Gasteiger partial charge in [0, 0.05) is 17.8 Å². The van der Waals surface area contributed by atoms with Crippen LogP contribution in [0.3, 0.4) is 0 Å². The van der Waals surface area contributed by atoms with E-state index >= 15 is 0 Å². The van der Waals surface area contributed by atoms with Gasteiger partial charge in [0.15, 0.2) is 0 Å². The second-order valence-electron chi connectivity index (χ2n) is 7.42. The number of hydrogen-bond donors (Lipinski definition) is 2. The molecule has 1 aromatic carbocycles. The quantitative estimate of drug-likeness (QED) is 0.321. The summed E-state index contributed by atoms with van der Waals surface area (Å²) in [7, 11) is 1.56. The normalized spacial score (nSPS) is 11.2. The van der Waals surface area contributed by atoms with Crippen molar-refractivity contribution in [3.63, 3.8) is 0 Å². The number of hydrogen-bond acceptors (Lipinski definition) is 8. The number of nitrogens with one attached hydrogen (secondary N) is 2. The van der Waals surface area contributed by atoms with Crippen LogP contribution < -0.4 is 20.1 Å². The third-order valence-corrected chi connectivity index (χ3v) is 5.31. The van der Waals surface area contributed by atoms with Crippen molar-refractivity contribution in [2.24, 2.45) is 5.92 Å². The summed E-state index contributed by atoms with van der Waals surface area (Å²) in [6, 6.07) is 12.7. The van der Waals surface area contributed by atoms with Gasteiger partial charge in [-0.25, -0.2) is 9.97 Å². The highest BCUT2D eigenvalue weighted by Gasteiger charge is 2.12. The highest BCUT2D eigenvalue weighted by molar-refractivity contribution is 7.17. The Morgan fingerprint density at radius 3 is 2.76 bits per heavy atom. The van der Waals surface area contributed by atoms with E-state index in [9.17, 15) is 4.79 Å². The van der Waals surface area contributed by atoms with Crippen LogP contribution in [0.2, 0.25) is 0 Å². The molecule has 168 valence electrons. The number of methoxy groups -OCH3 is 1. The van der Waals surface area contributed by atoms with Crippen molar-refractivity contribution in [3.8, 4) is 17.5 Å². The first-order chi connectivity index (χ1) is 16.0. The average molecular weight is 462 g/mol. The Bertz CT molecular complexity index is 1290. The highest BCUT2D eigenvalue weighted by atomic mass is 32.1. The summed E-state index contributed by atoms with van der Waals surface area (Å²) in [6.07, 6.45) is 5.02. The molecule has 33 heavy (non-hydrogen) atoms. The van der Waals surface area contributed by atoms with Gasteiger partial charge in [-0.3, -0.25) is 4.79 Å². The third-order valence-electron chi connectivity index (χ3n) is 4.42. The third kappa shape index (κ3) is 5.83. The summed E-state index contributed by atoms with van der Waals surface area (Å²) in [6.45, 7) is 4.03. The van der Waals surface area contributed by atoms with Gasteiger partial charge >= 0.3 is 0 Å². The zero-order valence-electron chi connectivity index (χ0n) is 18.4. The van der Waals surface area contributed by atoms with Crippen molar-refractivity contribution < 1.29 is 14.3 Å². The predicted molar refractivity (Wildman–Crippen MR) is 131 cm³/mol. The van der Waals surface area contributed by atoms with Gasteiger partial charge in [0.25, 0.3) is 0 Å². The van der Waals surface area contributed by atoms with Gasteiger partial charge in [-0.1, -0.05) is 26.0 Å². The first-order valence-electron chi connectivity index (χ1n) is 10.3. The molecule has 0 spiro atoms. The molecule has 0 fully saturated rings. The molecule has 1 amide bonds. The van der Waals surface area contributed by atoms with Gasteiger partial charge < -0.3 is 20.1 Å². The fraction of sp³-hybridized carbons (Fsp3) is 0.167. The summed E-state index contributed by atoms with van der Waals surface area (Å²) >= 11 is 1.49. The summed E-state index contributed by atoms with van der Waals surface area (Å²) in [5, 5.41) is 7.92. The fourth-order valence-corrected chi connectivity index (χ4v) is 3.63. The standard InChI is InChI=1S/C24H23N5O3S/c1-15(2)7-9-20(30)26-16-5-4-6-18(13-16)32-23-22-19(11-12-33-22)28-24(29-23)27-17-8-10-21(31-3)25-14-17/h4-15H,1-3H3,(H,26,30)(H,27,28,29)/b9-7+. The molecule has 4 aromatic rings. The molecule has 0 saturated heterocycles. The van der Waals surface area contributed by atoms with Crippen molar-refractivity contribution in [1.82, 2.24) is 15.0 Å². The first-order valence-corrected chi connectivity index (χ1v) is 11.2. The van der Waals surface area contributed by atoms with Gasteiger partial charge in [-0.05, 0) is 41.6 Å². The van der Waals surface area contributed by atoms with E-state index in [2.05, 4.69) is 25.6 Å². The molecule has 0 radical (unpaired) electrons. The van der Waals surface area contributed by atoms with Gasteiger partial charge in [0.1, 0.15) is 10.4 Å². The second kappa shape index (κ2) is 10.1. The zero-order valence-corrected chi connectivity index (χ0v) is 19.2. The molecule has 3 heterocycles. The number of fused-ring (bicyclic) bond motifs is 1. The van der Waals surface area contributed by atoms with E-state index < -0.39 is 0 Å². The lowest BCUT2D eigenvalue weighted by Crippen LogP contribution is -2.08. The Hall–Kier alpha value is -3.98. The van der Waals surface area contributed by atoms with Crippen LogP contribution in [-0.4, -0.2) is 28.0 Å². The molecule has 0 unspecified atom stereocenters. The Morgan fingerprint density at radius 1 is 1.12 bits per heavy atom. The number of nitrogens with zero attached hydrogens (tertiary/aromatic N) is 3. The molecule has 4 rings (SSSR count). The second-order valence-corrected chi connectivity index (χ2v) is 8.34. The van der Waals surface area contributed by atoms with Gasteiger partial charge in [0.2, 0.25) is 23.6 Å². The van der Waals surface area contributed by atoms with Crippen LogP contribution in [0.15, 0.2) is 66.2 Å². The maximum absolute atomic E-state index is 12.1. The monoisotopic (exact) mass is 461 g/mol. The van der Waals surface area contributed by atoms with Gasteiger partial charge in [0.05, 0.1) is 24.5 Å². The van der Waals surface area contributed by atoms with Crippen LogP contribution in [0.5, 0.6) is 17.5 Å².